The van der Waals surface area contributed by atoms with Crippen LogP contribution in [0.15, 0.2) is 53.5 Å². The maximum Gasteiger partial charge on any atom is 0.250 e. The Kier molecular flexibility index (Phi) is 4.13. The van der Waals surface area contributed by atoms with Gasteiger partial charge in [0.2, 0.25) is 5.91 Å². The van der Waals surface area contributed by atoms with Crippen molar-refractivity contribution in [2.75, 3.05) is 5.32 Å². The summed E-state index contributed by atoms with van der Waals surface area (Å²) >= 11 is 0. The number of nitrogens with one attached hydrogen (secondary N) is 1. The first-order chi connectivity index (χ1) is 9.19. The normalized spacial score (nSPS) is 10.2. The number of benzene rings is 1. The van der Waals surface area contributed by atoms with Crippen LogP contribution < -0.4 is 10.9 Å². The number of pyridine rings is 1. The minimum absolute atomic E-state index is 0.0238. The monoisotopic (exact) mass is 256 g/mol. The van der Waals surface area contributed by atoms with Gasteiger partial charge in [0, 0.05) is 18.0 Å². The summed E-state index contributed by atoms with van der Waals surface area (Å²) in [4.78, 5) is 23.4. The molecule has 0 unspecified atom stereocenters. The van der Waals surface area contributed by atoms with E-state index in [2.05, 4.69) is 12.2 Å². The molecule has 1 aromatic heterocycles. The highest BCUT2D eigenvalue weighted by molar-refractivity contribution is 5.90. The number of nitrogens with zero attached hydrogens (tertiary/aromatic N) is 1. The Morgan fingerprint density at radius 1 is 1.21 bits per heavy atom. The van der Waals surface area contributed by atoms with Gasteiger partial charge in [-0.25, -0.2) is 0 Å². The highest BCUT2D eigenvalue weighted by Gasteiger charge is 2.04. The van der Waals surface area contributed by atoms with E-state index in [4.69, 9.17) is 0 Å². The molecule has 0 atom stereocenters. The number of rotatable bonds is 4. The standard InChI is InChI=1S/C15H16N2O2/c1-2-12-6-5-7-13(10-12)16-14(18)11-17-9-4-3-8-15(17)19/h3-10H,2,11H2,1H3,(H,16,18). The Morgan fingerprint density at radius 3 is 2.79 bits per heavy atom. The number of anilines is 1. The van der Waals surface area contributed by atoms with Gasteiger partial charge in [-0.3, -0.25) is 9.59 Å². The van der Waals surface area contributed by atoms with Crippen molar-refractivity contribution in [2.45, 2.75) is 19.9 Å². The van der Waals surface area contributed by atoms with E-state index in [9.17, 15) is 9.59 Å². The molecule has 2 aromatic rings. The van der Waals surface area contributed by atoms with Gasteiger partial charge in [0.15, 0.2) is 0 Å². The Balaban J connectivity index is 2.05. The third-order valence-corrected chi connectivity index (χ3v) is 2.83. The van der Waals surface area contributed by atoms with Crippen LogP contribution >= 0.6 is 0 Å². The summed E-state index contributed by atoms with van der Waals surface area (Å²) in [6.07, 6.45) is 2.52. The number of hydrogen-bond donors (Lipinski definition) is 1. The van der Waals surface area contributed by atoms with Crippen LogP contribution in [0.1, 0.15) is 12.5 Å². The molecule has 1 heterocycles. The Morgan fingerprint density at radius 2 is 2.05 bits per heavy atom. The quantitative estimate of drug-likeness (QED) is 0.910. The second-order valence-electron chi connectivity index (χ2n) is 4.27. The van der Waals surface area contributed by atoms with Crippen LogP contribution in [0.4, 0.5) is 5.69 Å². The first kappa shape index (κ1) is 13.1. The molecule has 0 aliphatic carbocycles. The lowest BCUT2D eigenvalue weighted by molar-refractivity contribution is -0.116. The van der Waals surface area contributed by atoms with E-state index in [-0.39, 0.29) is 18.0 Å². The van der Waals surface area contributed by atoms with E-state index in [0.717, 1.165) is 17.7 Å². The smallest absolute Gasteiger partial charge is 0.250 e. The molecule has 0 aliphatic rings. The summed E-state index contributed by atoms with van der Waals surface area (Å²) in [6, 6.07) is 12.5. The van der Waals surface area contributed by atoms with Crippen LogP contribution in [0, 0.1) is 0 Å². The molecule has 0 saturated heterocycles. The molecule has 2 rings (SSSR count). The van der Waals surface area contributed by atoms with Crippen molar-refractivity contribution in [3.05, 3.63) is 64.6 Å². The lowest BCUT2D eigenvalue weighted by Crippen LogP contribution is -2.26. The average molecular weight is 256 g/mol. The molecule has 0 fully saturated rings. The maximum absolute atomic E-state index is 11.9. The van der Waals surface area contributed by atoms with Crippen LogP contribution in [-0.2, 0) is 17.8 Å². The summed E-state index contributed by atoms with van der Waals surface area (Å²) in [7, 11) is 0. The fraction of sp³-hybridized carbons (Fsp3) is 0.200. The van der Waals surface area contributed by atoms with Crippen molar-refractivity contribution in [3.8, 4) is 0 Å². The SMILES string of the molecule is CCc1cccc(NC(=O)Cn2ccccc2=O)c1. The van der Waals surface area contributed by atoms with Crippen LogP contribution in [0.3, 0.4) is 0 Å². The second-order valence-corrected chi connectivity index (χ2v) is 4.27. The number of carbonyl (C=O) groups excluding carboxylic acids is 1. The third-order valence-electron chi connectivity index (χ3n) is 2.83. The van der Waals surface area contributed by atoms with E-state index in [0.29, 0.717) is 0 Å². The van der Waals surface area contributed by atoms with Gasteiger partial charge in [0.25, 0.3) is 5.56 Å². The van der Waals surface area contributed by atoms with Crippen molar-refractivity contribution in [1.29, 1.82) is 0 Å². The van der Waals surface area contributed by atoms with Gasteiger partial charge in [-0.15, -0.1) is 0 Å². The molecule has 0 radical (unpaired) electrons. The Bertz CT molecular complexity index is 632. The van der Waals surface area contributed by atoms with Gasteiger partial charge >= 0.3 is 0 Å². The zero-order valence-electron chi connectivity index (χ0n) is 10.8. The first-order valence-corrected chi connectivity index (χ1v) is 6.23. The summed E-state index contributed by atoms with van der Waals surface area (Å²) in [6.45, 7) is 2.08. The highest BCUT2D eigenvalue weighted by Crippen LogP contribution is 2.10. The van der Waals surface area contributed by atoms with E-state index in [1.54, 1.807) is 18.3 Å². The fourth-order valence-corrected chi connectivity index (χ4v) is 1.82. The van der Waals surface area contributed by atoms with E-state index < -0.39 is 0 Å². The largest absolute Gasteiger partial charge is 0.325 e. The number of carbonyl (C=O) groups is 1. The molecule has 1 N–H and O–H groups in total. The van der Waals surface area contributed by atoms with Crippen LogP contribution in [0.5, 0.6) is 0 Å². The molecule has 98 valence electrons. The summed E-state index contributed by atoms with van der Waals surface area (Å²) in [5.74, 6) is -0.207. The molecule has 1 aromatic carbocycles. The van der Waals surface area contributed by atoms with E-state index >= 15 is 0 Å². The lowest BCUT2D eigenvalue weighted by atomic mass is 10.1. The van der Waals surface area contributed by atoms with Gasteiger partial charge in [-0.2, -0.15) is 0 Å². The van der Waals surface area contributed by atoms with E-state index in [1.165, 1.54) is 10.6 Å². The zero-order chi connectivity index (χ0) is 13.7. The summed E-state index contributed by atoms with van der Waals surface area (Å²) < 4.78 is 1.37. The Hall–Kier alpha value is -2.36. The van der Waals surface area contributed by atoms with Gasteiger partial charge in [0.05, 0.1) is 0 Å². The molecular formula is C15H16N2O2. The molecule has 4 heteroatoms. The van der Waals surface area contributed by atoms with Gasteiger partial charge in [-0.05, 0) is 30.2 Å². The number of hydrogen-bond acceptors (Lipinski definition) is 2. The lowest BCUT2D eigenvalue weighted by Gasteiger charge is -2.08. The molecule has 0 aliphatic heterocycles. The molecule has 0 spiro atoms. The van der Waals surface area contributed by atoms with Crippen molar-refractivity contribution < 1.29 is 4.79 Å². The molecular weight excluding hydrogens is 240 g/mol. The summed E-state index contributed by atoms with van der Waals surface area (Å²) in [5.41, 5.74) is 1.74. The maximum atomic E-state index is 11.9. The fourth-order valence-electron chi connectivity index (χ4n) is 1.82. The minimum atomic E-state index is -0.207. The van der Waals surface area contributed by atoms with Crippen molar-refractivity contribution in [3.63, 3.8) is 0 Å². The van der Waals surface area contributed by atoms with E-state index in [1.807, 2.05) is 24.3 Å². The molecule has 19 heavy (non-hydrogen) atoms. The Labute approximate surface area is 111 Å². The zero-order valence-corrected chi connectivity index (χ0v) is 10.8. The van der Waals surface area contributed by atoms with Crippen LogP contribution in [-0.4, -0.2) is 10.5 Å². The van der Waals surface area contributed by atoms with Crippen molar-refractivity contribution >= 4 is 11.6 Å². The van der Waals surface area contributed by atoms with Crippen molar-refractivity contribution in [1.82, 2.24) is 4.57 Å². The van der Waals surface area contributed by atoms with Crippen molar-refractivity contribution in [2.24, 2.45) is 0 Å². The van der Waals surface area contributed by atoms with Gasteiger partial charge in [0.1, 0.15) is 6.54 Å². The van der Waals surface area contributed by atoms with Crippen LogP contribution in [0.2, 0.25) is 0 Å². The molecule has 0 bridgehead atoms. The number of aromatic nitrogens is 1. The second kappa shape index (κ2) is 6.00. The predicted molar refractivity (Wildman–Crippen MR) is 75.2 cm³/mol. The van der Waals surface area contributed by atoms with Crippen LogP contribution in [0.25, 0.3) is 0 Å². The minimum Gasteiger partial charge on any atom is -0.325 e. The molecule has 1 amide bonds. The first-order valence-electron chi connectivity index (χ1n) is 6.23. The van der Waals surface area contributed by atoms with Gasteiger partial charge in [-0.1, -0.05) is 25.1 Å². The number of amides is 1. The van der Waals surface area contributed by atoms with Gasteiger partial charge < -0.3 is 9.88 Å². The summed E-state index contributed by atoms with van der Waals surface area (Å²) in [5, 5.41) is 2.79. The average Bonchev–Trinajstić information content (AvgIpc) is 2.41. The number of aryl methyl sites for hydroxylation is 1. The molecule has 4 nitrogen and oxygen atoms in total. The molecule has 0 saturated carbocycles. The predicted octanol–water partition coefficient (Wildman–Crippen LogP) is 2.05. The third kappa shape index (κ3) is 3.55. The highest BCUT2D eigenvalue weighted by atomic mass is 16.2. The topological polar surface area (TPSA) is 51.1 Å².